The van der Waals surface area contributed by atoms with E-state index in [2.05, 4.69) is 41.5 Å². The molecule has 4 unspecified atom stereocenters. The third-order valence-electron chi connectivity index (χ3n) is 7.09. The summed E-state index contributed by atoms with van der Waals surface area (Å²) in [5, 5.41) is 0. The summed E-state index contributed by atoms with van der Waals surface area (Å²) >= 11 is 0. The van der Waals surface area contributed by atoms with Crippen LogP contribution in [0.15, 0.2) is 0 Å². The van der Waals surface area contributed by atoms with Crippen LogP contribution >= 0.6 is 0 Å². The quantitative estimate of drug-likeness (QED) is 0.258. The smallest absolute Gasteiger partial charge is 0.0352 e. The molecule has 0 bridgehead atoms. The molecule has 1 fully saturated rings. The fourth-order valence-corrected chi connectivity index (χ4v) is 4.87. The van der Waals surface area contributed by atoms with Gasteiger partial charge in [-0.05, 0) is 54.8 Å². The first kappa shape index (κ1) is 23.0. The largest absolute Gasteiger partial charge is 0.0654 e. The minimum atomic E-state index is 0.541. The predicted molar refractivity (Wildman–Crippen MR) is 115 cm³/mol. The van der Waals surface area contributed by atoms with E-state index in [-0.39, 0.29) is 0 Å². The summed E-state index contributed by atoms with van der Waals surface area (Å²) in [4.78, 5) is 0. The van der Waals surface area contributed by atoms with Gasteiger partial charge in [-0.3, -0.25) is 0 Å². The first-order valence-corrected chi connectivity index (χ1v) is 11.8. The van der Waals surface area contributed by atoms with E-state index >= 15 is 0 Å². The Balaban J connectivity index is 2.08. The lowest BCUT2D eigenvalue weighted by molar-refractivity contribution is 0.166. The molecule has 0 nitrogen and oxygen atoms in total. The lowest BCUT2D eigenvalue weighted by Crippen LogP contribution is -2.23. The van der Waals surface area contributed by atoms with E-state index in [0.717, 1.165) is 23.7 Å². The second-order valence-electron chi connectivity index (χ2n) is 10.6. The van der Waals surface area contributed by atoms with Crippen LogP contribution in [0.4, 0.5) is 0 Å². The number of hydrogen-bond acceptors (Lipinski definition) is 0. The van der Waals surface area contributed by atoms with Crippen LogP contribution in [-0.4, -0.2) is 0 Å². The lowest BCUT2D eigenvalue weighted by Gasteiger charge is -2.35. The highest BCUT2D eigenvalue weighted by atomic mass is 14.3. The standard InChI is InChI=1S/C25H50/c1-7-8-9-10-11-12-13-22(3)20-25(5,6)19-18-21(2)14-16-24-17-15-23(24)4/h21-24H,7-20H2,1-6H3. The van der Waals surface area contributed by atoms with E-state index in [1.807, 2.05) is 0 Å². The van der Waals surface area contributed by atoms with Crippen LogP contribution in [0, 0.1) is 29.1 Å². The molecule has 0 aromatic rings. The molecule has 0 heterocycles. The van der Waals surface area contributed by atoms with Crippen molar-refractivity contribution in [3.05, 3.63) is 0 Å². The molecule has 0 aromatic carbocycles. The van der Waals surface area contributed by atoms with Crippen LogP contribution in [0.1, 0.15) is 131 Å². The lowest BCUT2D eigenvalue weighted by atomic mass is 9.71. The van der Waals surface area contributed by atoms with E-state index in [1.165, 1.54) is 89.9 Å². The van der Waals surface area contributed by atoms with Gasteiger partial charge in [-0.15, -0.1) is 0 Å². The second-order valence-corrected chi connectivity index (χ2v) is 10.6. The van der Waals surface area contributed by atoms with Crippen molar-refractivity contribution in [3.63, 3.8) is 0 Å². The topological polar surface area (TPSA) is 0 Å². The Morgan fingerprint density at radius 1 is 0.840 bits per heavy atom. The molecule has 150 valence electrons. The summed E-state index contributed by atoms with van der Waals surface area (Å²) in [6.45, 7) is 14.8. The summed E-state index contributed by atoms with van der Waals surface area (Å²) in [5.41, 5.74) is 0.541. The van der Waals surface area contributed by atoms with Gasteiger partial charge in [-0.25, -0.2) is 0 Å². The number of rotatable bonds is 15. The van der Waals surface area contributed by atoms with Crippen LogP contribution in [0.25, 0.3) is 0 Å². The molecule has 1 rings (SSSR count). The average molecular weight is 351 g/mol. The normalized spacial score (nSPS) is 23.3. The van der Waals surface area contributed by atoms with Gasteiger partial charge >= 0.3 is 0 Å². The van der Waals surface area contributed by atoms with E-state index < -0.39 is 0 Å². The minimum absolute atomic E-state index is 0.541. The van der Waals surface area contributed by atoms with Gasteiger partial charge in [0.15, 0.2) is 0 Å². The average Bonchev–Trinajstić information content (AvgIpc) is 2.54. The Hall–Kier alpha value is 0. The molecule has 0 aliphatic heterocycles. The van der Waals surface area contributed by atoms with Crippen molar-refractivity contribution >= 4 is 0 Å². The van der Waals surface area contributed by atoms with Crippen molar-refractivity contribution in [1.82, 2.24) is 0 Å². The highest BCUT2D eigenvalue weighted by molar-refractivity contribution is 4.78. The van der Waals surface area contributed by atoms with Gasteiger partial charge < -0.3 is 0 Å². The van der Waals surface area contributed by atoms with Crippen LogP contribution in [-0.2, 0) is 0 Å². The number of unbranched alkanes of at least 4 members (excludes halogenated alkanes) is 5. The van der Waals surface area contributed by atoms with E-state index in [1.54, 1.807) is 0 Å². The van der Waals surface area contributed by atoms with Gasteiger partial charge in [0.1, 0.15) is 0 Å². The molecule has 1 aliphatic carbocycles. The molecule has 0 aromatic heterocycles. The molecule has 1 saturated carbocycles. The summed E-state index contributed by atoms with van der Waals surface area (Å²) in [6, 6.07) is 0. The Labute approximate surface area is 160 Å². The van der Waals surface area contributed by atoms with Crippen LogP contribution in [0.5, 0.6) is 0 Å². The monoisotopic (exact) mass is 350 g/mol. The molecule has 0 amide bonds. The van der Waals surface area contributed by atoms with Crippen molar-refractivity contribution in [2.45, 2.75) is 131 Å². The zero-order valence-corrected chi connectivity index (χ0v) is 18.7. The van der Waals surface area contributed by atoms with Gasteiger partial charge in [0.25, 0.3) is 0 Å². The zero-order chi connectivity index (χ0) is 18.7. The highest BCUT2D eigenvalue weighted by Gasteiger charge is 2.27. The van der Waals surface area contributed by atoms with Crippen LogP contribution in [0.2, 0.25) is 0 Å². The van der Waals surface area contributed by atoms with Crippen molar-refractivity contribution in [1.29, 1.82) is 0 Å². The van der Waals surface area contributed by atoms with Crippen LogP contribution in [0.3, 0.4) is 0 Å². The number of hydrogen-bond donors (Lipinski definition) is 0. The highest BCUT2D eigenvalue weighted by Crippen LogP contribution is 2.39. The molecular formula is C25H50. The summed E-state index contributed by atoms with van der Waals surface area (Å²) in [5.74, 6) is 3.92. The predicted octanol–water partition coefficient (Wildman–Crippen LogP) is 9.03. The van der Waals surface area contributed by atoms with Crippen molar-refractivity contribution < 1.29 is 0 Å². The Bertz CT molecular complexity index is 316. The first-order chi connectivity index (χ1) is 11.8. The van der Waals surface area contributed by atoms with Gasteiger partial charge in [0, 0.05) is 0 Å². The molecule has 0 spiro atoms. The van der Waals surface area contributed by atoms with E-state index in [4.69, 9.17) is 0 Å². The Kier molecular flexibility index (Phi) is 11.4. The summed E-state index contributed by atoms with van der Waals surface area (Å²) in [6.07, 6.45) is 20.3. The van der Waals surface area contributed by atoms with Gasteiger partial charge in [0.05, 0.1) is 0 Å². The second kappa shape index (κ2) is 12.4. The molecule has 1 aliphatic rings. The van der Waals surface area contributed by atoms with Crippen molar-refractivity contribution in [3.8, 4) is 0 Å². The molecule has 0 radical (unpaired) electrons. The Morgan fingerprint density at radius 3 is 2.12 bits per heavy atom. The van der Waals surface area contributed by atoms with E-state index in [0.29, 0.717) is 5.41 Å². The molecular weight excluding hydrogens is 300 g/mol. The molecule has 25 heavy (non-hydrogen) atoms. The maximum atomic E-state index is 2.52. The first-order valence-electron chi connectivity index (χ1n) is 11.8. The fraction of sp³-hybridized carbons (Fsp3) is 1.00. The van der Waals surface area contributed by atoms with Crippen molar-refractivity contribution in [2.24, 2.45) is 29.1 Å². The molecule has 0 N–H and O–H groups in total. The maximum Gasteiger partial charge on any atom is -0.0352 e. The molecule has 0 saturated heterocycles. The van der Waals surface area contributed by atoms with Crippen molar-refractivity contribution in [2.75, 3.05) is 0 Å². The van der Waals surface area contributed by atoms with Gasteiger partial charge in [0.2, 0.25) is 0 Å². The minimum Gasteiger partial charge on any atom is -0.0654 e. The van der Waals surface area contributed by atoms with Crippen LogP contribution < -0.4 is 0 Å². The third-order valence-corrected chi connectivity index (χ3v) is 7.09. The maximum absolute atomic E-state index is 2.52. The zero-order valence-electron chi connectivity index (χ0n) is 18.7. The fourth-order valence-electron chi connectivity index (χ4n) is 4.87. The molecule has 4 atom stereocenters. The van der Waals surface area contributed by atoms with E-state index in [9.17, 15) is 0 Å². The summed E-state index contributed by atoms with van der Waals surface area (Å²) < 4.78 is 0. The SMILES string of the molecule is CCCCCCCCC(C)CC(C)(C)CCC(C)CCC1CCC1C. The molecule has 0 heteroatoms. The van der Waals surface area contributed by atoms with Gasteiger partial charge in [-0.2, -0.15) is 0 Å². The van der Waals surface area contributed by atoms with Gasteiger partial charge in [-0.1, -0.05) is 106 Å². The summed E-state index contributed by atoms with van der Waals surface area (Å²) in [7, 11) is 0. The Morgan fingerprint density at radius 2 is 1.52 bits per heavy atom. The third kappa shape index (κ3) is 10.7.